The Labute approximate surface area is 200 Å². The van der Waals surface area contributed by atoms with Gasteiger partial charge in [-0.1, -0.05) is 65.7 Å². The van der Waals surface area contributed by atoms with Crippen LogP contribution in [-0.2, 0) is 16.1 Å². The van der Waals surface area contributed by atoms with Gasteiger partial charge in [0.2, 0.25) is 0 Å². The van der Waals surface area contributed by atoms with Gasteiger partial charge in [0, 0.05) is 22.8 Å². The van der Waals surface area contributed by atoms with E-state index in [4.69, 9.17) is 23.2 Å². The molecule has 0 saturated heterocycles. The van der Waals surface area contributed by atoms with Crippen LogP contribution in [0.3, 0.4) is 0 Å². The lowest BCUT2D eigenvalue weighted by Crippen LogP contribution is -2.32. The lowest BCUT2D eigenvalue weighted by atomic mass is 10.1. The molecule has 3 aromatic rings. The minimum absolute atomic E-state index is 0.0668. The first kappa shape index (κ1) is 22.6. The van der Waals surface area contributed by atoms with E-state index in [0.717, 1.165) is 10.5 Å². The molecule has 0 unspecified atom stereocenters. The van der Waals surface area contributed by atoms with E-state index in [1.807, 2.05) is 30.3 Å². The van der Waals surface area contributed by atoms with E-state index < -0.39 is 11.8 Å². The molecule has 33 heavy (non-hydrogen) atoms. The van der Waals surface area contributed by atoms with Crippen LogP contribution in [0.2, 0.25) is 5.02 Å². The number of carbonyl (C=O) groups is 3. The fourth-order valence-electron chi connectivity index (χ4n) is 3.43. The second-order valence-corrected chi connectivity index (χ2v) is 8.18. The molecule has 1 aliphatic rings. The SMILES string of the molecule is Cc1c(Cl)cccc1N1C(=O)C(Cl)=C(Nc2cccc(C(=O)NCc3ccccc3)c2)C1=O. The lowest BCUT2D eigenvalue weighted by Gasteiger charge is -2.18. The summed E-state index contributed by atoms with van der Waals surface area (Å²) in [5.74, 6) is -1.52. The molecule has 3 amide bonds. The molecule has 0 bridgehead atoms. The molecular formula is C25H19Cl2N3O3. The Morgan fingerprint density at radius 2 is 1.64 bits per heavy atom. The highest BCUT2D eigenvalue weighted by atomic mass is 35.5. The summed E-state index contributed by atoms with van der Waals surface area (Å²) in [7, 11) is 0. The molecule has 1 heterocycles. The maximum atomic E-state index is 13.1. The number of rotatable bonds is 6. The predicted molar refractivity (Wildman–Crippen MR) is 129 cm³/mol. The number of nitrogens with one attached hydrogen (secondary N) is 2. The molecule has 166 valence electrons. The van der Waals surface area contributed by atoms with E-state index >= 15 is 0 Å². The van der Waals surface area contributed by atoms with E-state index in [1.165, 1.54) is 0 Å². The van der Waals surface area contributed by atoms with Gasteiger partial charge in [-0.3, -0.25) is 14.4 Å². The van der Waals surface area contributed by atoms with Crippen LogP contribution in [0.25, 0.3) is 0 Å². The first-order valence-electron chi connectivity index (χ1n) is 10.1. The molecule has 4 rings (SSSR count). The number of halogens is 2. The molecule has 0 aliphatic carbocycles. The smallest absolute Gasteiger partial charge is 0.283 e. The van der Waals surface area contributed by atoms with Crippen molar-refractivity contribution in [1.29, 1.82) is 0 Å². The van der Waals surface area contributed by atoms with Gasteiger partial charge in [-0.2, -0.15) is 0 Å². The molecule has 6 nitrogen and oxygen atoms in total. The Morgan fingerprint density at radius 3 is 2.39 bits per heavy atom. The number of benzene rings is 3. The first-order valence-corrected chi connectivity index (χ1v) is 10.9. The largest absolute Gasteiger partial charge is 0.350 e. The van der Waals surface area contributed by atoms with Gasteiger partial charge in [-0.25, -0.2) is 4.90 Å². The minimum Gasteiger partial charge on any atom is -0.350 e. The molecule has 0 fully saturated rings. The van der Waals surface area contributed by atoms with Gasteiger partial charge >= 0.3 is 0 Å². The fourth-order valence-corrected chi connectivity index (χ4v) is 3.81. The number of nitrogens with zero attached hydrogens (tertiary/aromatic N) is 1. The van der Waals surface area contributed by atoms with Crippen molar-refractivity contribution in [2.75, 3.05) is 10.2 Å². The van der Waals surface area contributed by atoms with Crippen molar-refractivity contribution < 1.29 is 14.4 Å². The standard InChI is InChI=1S/C25H19Cl2N3O3/c1-15-19(26)11-6-12-20(15)30-24(32)21(27)22(25(30)33)29-18-10-5-9-17(13-18)23(31)28-14-16-7-3-2-4-8-16/h2-13,29H,14H2,1H3,(H,28,31). The van der Waals surface area contributed by atoms with E-state index in [1.54, 1.807) is 49.4 Å². The average Bonchev–Trinajstić information content (AvgIpc) is 3.03. The quantitative estimate of drug-likeness (QED) is 0.486. The zero-order valence-corrected chi connectivity index (χ0v) is 19.1. The maximum absolute atomic E-state index is 13.1. The van der Waals surface area contributed by atoms with Gasteiger partial charge in [-0.05, 0) is 48.4 Å². The van der Waals surface area contributed by atoms with Gasteiger partial charge in [0.25, 0.3) is 17.7 Å². The molecule has 0 saturated carbocycles. The topological polar surface area (TPSA) is 78.5 Å². The van der Waals surface area contributed by atoms with Gasteiger partial charge in [-0.15, -0.1) is 0 Å². The summed E-state index contributed by atoms with van der Waals surface area (Å²) in [4.78, 5) is 39.4. The third-order valence-electron chi connectivity index (χ3n) is 5.20. The van der Waals surface area contributed by atoms with Crippen LogP contribution in [0.1, 0.15) is 21.5 Å². The van der Waals surface area contributed by atoms with Crippen LogP contribution in [-0.4, -0.2) is 17.7 Å². The molecule has 0 aromatic heterocycles. The minimum atomic E-state index is -0.647. The zero-order chi connectivity index (χ0) is 23.5. The summed E-state index contributed by atoms with van der Waals surface area (Å²) in [6.07, 6.45) is 0. The molecule has 8 heteroatoms. The third-order valence-corrected chi connectivity index (χ3v) is 5.96. The van der Waals surface area contributed by atoms with Crippen LogP contribution in [0.4, 0.5) is 11.4 Å². The van der Waals surface area contributed by atoms with Gasteiger partial charge in [0.1, 0.15) is 10.7 Å². The van der Waals surface area contributed by atoms with Crippen molar-refractivity contribution >= 4 is 52.3 Å². The second kappa shape index (κ2) is 9.48. The molecule has 0 spiro atoms. The molecule has 2 N–H and O–H groups in total. The summed E-state index contributed by atoms with van der Waals surface area (Å²) in [6.45, 7) is 2.10. The summed E-state index contributed by atoms with van der Waals surface area (Å²) >= 11 is 12.4. The Bertz CT molecular complexity index is 1290. The van der Waals surface area contributed by atoms with Crippen molar-refractivity contribution in [3.05, 3.63) is 105 Å². The second-order valence-electron chi connectivity index (χ2n) is 7.39. The third kappa shape index (κ3) is 4.62. The summed E-state index contributed by atoms with van der Waals surface area (Å²) in [5, 5.41) is 5.94. The van der Waals surface area contributed by atoms with E-state index in [2.05, 4.69) is 10.6 Å². The number of imide groups is 1. The number of carbonyl (C=O) groups excluding carboxylic acids is 3. The van der Waals surface area contributed by atoms with Crippen LogP contribution in [0.15, 0.2) is 83.5 Å². The highest BCUT2D eigenvalue weighted by molar-refractivity contribution is 6.53. The van der Waals surface area contributed by atoms with Crippen LogP contribution in [0, 0.1) is 6.92 Å². The van der Waals surface area contributed by atoms with Crippen molar-refractivity contribution in [1.82, 2.24) is 5.32 Å². The van der Waals surface area contributed by atoms with Gasteiger partial charge in [0.05, 0.1) is 5.69 Å². The Morgan fingerprint density at radius 1 is 0.909 bits per heavy atom. The van der Waals surface area contributed by atoms with E-state index in [9.17, 15) is 14.4 Å². The fraction of sp³-hybridized carbons (Fsp3) is 0.0800. The number of hydrogen-bond acceptors (Lipinski definition) is 4. The molecule has 0 atom stereocenters. The van der Waals surface area contributed by atoms with Crippen molar-refractivity contribution in [3.63, 3.8) is 0 Å². The van der Waals surface area contributed by atoms with Crippen molar-refractivity contribution in [2.24, 2.45) is 0 Å². The summed E-state index contributed by atoms with van der Waals surface area (Å²) < 4.78 is 0. The number of hydrogen-bond donors (Lipinski definition) is 2. The number of anilines is 2. The Balaban J connectivity index is 1.52. The normalized spacial score (nSPS) is 13.5. The summed E-state index contributed by atoms with van der Waals surface area (Å²) in [5.41, 5.74) is 2.70. The van der Waals surface area contributed by atoms with Crippen LogP contribution >= 0.6 is 23.2 Å². The van der Waals surface area contributed by atoms with Crippen molar-refractivity contribution in [2.45, 2.75) is 13.5 Å². The highest BCUT2D eigenvalue weighted by Crippen LogP contribution is 2.34. The van der Waals surface area contributed by atoms with E-state index in [-0.39, 0.29) is 16.6 Å². The number of amides is 3. The molecular weight excluding hydrogens is 461 g/mol. The Kier molecular flexibility index (Phi) is 6.49. The highest BCUT2D eigenvalue weighted by Gasteiger charge is 2.39. The Hall–Kier alpha value is -3.61. The lowest BCUT2D eigenvalue weighted by molar-refractivity contribution is -0.120. The molecule has 3 aromatic carbocycles. The van der Waals surface area contributed by atoms with Gasteiger partial charge in [0.15, 0.2) is 0 Å². The van der Waals surface area contributed by atoms with Crippen LogP contribution < -0.4 is 15.5 Å². The summed E-state index contributed by atoms with van der Waals surface area (Å²) in [6, 6.07) is 21.1. The zero-order valence-electron chi connectivity index (χ0n) is 17.6. The predicted octanol–water partition coefficient (Wildman–Crippen LogP) is 5.01. The molecule has 0 radical (unpaired) electrons. The first-order chi connectivity index (χ1) is 15.9. The molecule has 1 aliphatic heterocycles. The van der Waals surface area contributed by atoms with E-state index in [0.29, 0.717) is 34.1 Å². The van der Waals surface area contributed by atoms with Gasteiger partial charge < -0.3 is 10.6 Å². The monoisotopic (exact) mass is 479 g/mol. The average molecular weight is 480 g/mol. The maximum Gasteiger partial charge on any atom is 0.283 e. The van der Waals surface area contributed by atoms with Crippen molar-refractivity contribution in [3.8, 4) is 0 Å². The van der Waals surface area contributed by atoms with Crippen LogP contribution in [0.5, 0.6) is 0 Å².